The van der Waals surface area contributed by atoms with Gasteiger partial charge in [0.25, 0.3) is 5.91 Å². The van der Waals surface area contributed by atoms with Gasteiger partial charge in [0, 0.05) is 0 Å². The van der Waals surface area contributed by atoms with Gasteiger partial charge in [0.2, 0.25) is 0 Å². The number of carbonyl (C=O) groups excluding carboxylic acids is 1. The van der Waals surface area contributed by atoms with Crippen LogP contribution in [0.5, 0.6) is 11.5 Å². The van der Waals surface area contributed by atoms with Crippen molar-refractivity contribution in [2.75, 3.05) is 7.11 Å². The molecule has 0 radical (unpaired) electrons. The Morgan fingerprint density at radius 3 is 2.33 bits per heavy atom. The zero-order valence-corrected chi connectivity index (χ0v) is 17.5. The van der Waals surface area contributed by atoms with Crippen LogP contribution in [0, 0.1) is 27.7 Å². The van der Waals surface area contributed by atoms with Gasteiger partial charge in [-0.3, -0.25) is 4.79 Å². The van der Waals surface area contributed by atoms with E-state index in [2.05, 4.69) is 31.3 Å². The normalized spacial score (nSPS) is 13.0. The van der Waals surface area contributed by atoms with Crippen LogP contribution < -0.4 is 14.8 Å². The lowest BCUT2D eigenvalue weighted by atomic mass is 10.0. The van der Waals surface area contributed by atoms with Gasteiger partial charge >= 0.3 is 0 Å². The molecule has 0 saturated carbocycles. The summed E-state index contributed by atoms with van der Waals surface area (Å²) in [5.74, 6) is 1.50. The molecule has 0 aromatic heterocycles. The van der Waals surface area contributed by atoms with Crippen LogP contribution in [0.25, 0.3) is 0 Å². The van der Waals surface area contributed by atoms with Crippen molar-refractivity contribution in [3.63, 3.8) is 0 Å². The zero-order chi connectivity index (χ0) is 20.1. The van der Waals surface area contributed by atoms with Crippen molar-refractivity contribution in [1.29, 1.82) is 0 Å². The molecule has 0 fully saturated rings. The summed E-state index contributed by atoms with van der Waals surface area (Å²) >= 11 is 0. The predicted molar refractivity (Wildman–Crippen MR) is 110 cm³/mol. The van der Waals surface area contributed by atoms with E-state index >= 15 is 0 Å². The second kappa shape index (κ2) is 8.94. The van der Waals surface area contributed by atoms with Crippen LogP contribution >= 0.6 is 0 Å². The van der Waals surface area contributed by atoms with E-state index in [4.69, 9.17) is 9.47 Å². The lowest BCUT2D eigenvalue weighted by Crippen LogP contribution is -2.38. The van der Waals surface area contributed by atoms with Gasteiger partial charge in [0.05, 0.1) is 13.2 Å². The van der Waals surface area contributed by atoms with Gasteiger partial charge in [-0.25, -0.2) is 0 Å². The van der Waals surface area contributed by atoms with Crippen molar-refractivity contribution < 1.29 is 14.3 Å². The predicted octanol–water partition coefficient (Wildman–Crippen LogP) is 4.96. The fourth-order valence-electron chi connectivity index (χ4n) is 3.20. The maximum absolute atomic E-state index is 12.7. The molecule has 0 heterocycles. The maximum Gasteiger partial charge on any atom is 0.261 e. The van der Waals surface area contributed by atoms with E-state index in [1.54, 1.807) is 14.0 Å². The van der Waals surface area contributed by atoms with Crippen molar-refractivity contribution in [3.8, 4) is 11.5 Å². The fraction of sp³-hybridized carbons (Fsp3) is 0.435. The number of hydrogen-bond acceptors (Lipinski definition) is 3. The lowest BCUT2D eigenvalue weighted by Gasteiger charge is -2.22. The van der Waals surface area contributed by atoms with Crippen LogP contribution in [0.15, 0.2) is 30.3 Å². The van der Waals surface area contributed by atoms with Crippen molar-refractivity contribution >= 4 is 5.91 Å². The van der Waals surface area contributed by atoms with Crippen LogP contribution in [-0.4, -0.2) is 19.1 Å². The molecule has 0 saturated heterocycles. The van der Waals surface area contributed by atoms with Gasteiger partial charge in [-0.2, -0.15) is 0 Å². The minimum absolute atomic E-state index is 0.0616. The first-order valence-electron chi connectivity index (χ1n) is 9.46. The second-order valence-corrected chi connectivity index (χ2v) is 7.16. The first-order chi connectivity index (χ1) is 12.8. The van der Waals surface area contributed by atoms with Gasteiger partial charge in [0.15, 0.2) is 6.10 Å². The summed E-state index contributed by atoms with van der Waals surface area (Å²) in [6, 6.07) is 10.0. The SMILES string of the molecule is CCC(NC(=O)C(C)Oc1cc(C)cc(C)c1C)c1ccc(OC)c(C)c1. The van der Waals surface area contributed by atoms with Crippen molar-refractivity contribution in [2.24, 2.45) is 0 Å². The van der Waals surface area contributed by atoms with Gasteiger partial charge in [-0.05, 0) is 81.0 Å². The summed E-state index contributed by atoms with van der Waals surface area (Å²) in [6.07, 6.45) is 0.227. The van der Waals surface area contributed by atoms with Gasteiger partial charge in [0.1, 0.15) is 11.5 Å². The molecule has 0 bridgehead atoms. The number of benzene rings is 2. The third-order valence-electron chi connectivity index (χ3n) is 4.98. The summed E-state index contributed by atoms with van der Waals surface area (Å²) in [5, 5.41) is 3.11. The molecule has 1 N–H and O–H groups in total. The van der Waals surface area contributed by atoms with E-state index in [0.717, 1.165) is 45.7 Å². The molecule has 2 atom stereocenters. The highest BCUT2D eigenvalue weighted by Gasteiger charge is 2.21. The molecule has 146 valence electrons. The Bertz CT molecular complexity index is 814. The Hall–Kier alpha value is -2.49. The number of aryl methyl sites for hydroxylation is 3. The Morgan fingerprint density at radius 2 is 1.74 bits per heavy atom. The average molecular weight is 370 g/mol. The molecule has 4 nitrogen and oxygen atoms in total. The second-order valence-electron chi connectivity index (χ2n) is 7.16. The molecule has 0 aliphatic heterocycles. The monoisotopic (exact) mass is 369 g/mol. The molecule has 1 amide bonds. The topological polar surface area (TPSA) is 47.6 Å². The van der Waals surface area contributed by atoms with Crippen LogP contribution in [0.2, 0.25) is 0 Å². The highest BCUT2D eigenvalue weighted by Crippen LogP contribution is 2.26. The maximum atomic E-state index is 12.7. The van der Waals surface area contributed by atoms with Crippen molar-refractivity contribution in [3.05, 3.63) is 58.1 Å². The average Bonchev–Trinajstić information content (AvgIpc) is 2.63. The van der Waals surface area contributed by atoms with E-state index in [1.165, 1.54) is 0 Å². The number of amides is 1. The lowest BCUT2D eigenvalue weighted by molar-refractivity contribution is -0.128. The van der Waals surface area contributed by atoms with E-state index < -0.39 is 6.10 Å². The smallest absolute Gasteiger partial charge is 0.261 e. The Labute approximate surface area is 162 Å². The summed E-state index contributed by atoms with van der Waals surface area (Å²) in [7, 11) is 1.66. The first kappa shape index (κ1) is 20.8. The number of carbonyl (C=O) groups is 1. The van der Waals surface area contributed by atoms with Gasteiger partial charge < -0.3 is 14.8 Å². The Balaban J connectivity index is 2.11. The number of ether oxygens (including phenoxy) is 2. The highest BCUT2D eigenvalue weighted by atomic mass is 16.5. The third kappa shape index (κ3) is 5.03. The molecule has 4 heteroatoms. The van der Waals surface area contributed by atoms with E-state index in [-0.39, 0.29) is 11.9 Å². The number of nitrogens with one attached hydrogen (secondary N) is 1. The Morgan fingerprint density at radius 1 is 1.04 bits per heavy atom. The number of rotatable bonds is 7. The van der Waals surface area contributed by atoms with Gasteiger partial charge in [-0.1, -0.05) is 25.1 Å². The molecule has 0 spiro atoms. The minimum Gasteiger partial charge on any atom is -0.496 e. The van der Waals surface area contributed by atoms with E-state index in [9.17, 15) is 4.79 Å². The summed E-state index contributed by atoms with van der Waals surface area (Å²) < 4.78 is 11.3. The van der Waals surface area contributed by atoms with E-state index in [1.807, 2.05) is 39.0 Å². The van der Waals surface area contributed by atoms with Crippen LogP contribution in [0.4, 0.5) is 0 Å². The summed E-state index contributed by atoms with van der Waals surface area (Å²) in [4.78, 5) is 12.7. The number of hydrogen-bond donors (Lipinski definition) is 1. The highest BCUT2D eigenvalue weighted by molar-refractivity contribution is 5.81. The standard InChI is InChI=1S/C23H31NO3/c1-8-20(19-9-10-21(26-7)16(4)13-19)24-23(25)18(6)27-22-12-14(2)11-15(3)17(22)5/h9-13,18,20H,8H2,1-7H3,(H,24,25). The molecular formula is C23H31NO3. The van der Waals surface area contributed by atoms with Crippen molar-refractivity contribution in [2.45, 2.75) is 60.1 Å². The molecule has 27 heavy (non-hydrogen) atoms. The zero-order valence-electron chi connectivity index (χ0n) is 17.5. The quantitative estimate of drug-likeness (QED) is 0.750. The van der Waals surface area contributed by atoms with Gasteiger partial charge in [-0.15, -0.1) is 0 Å². The minimum atomic E-state index is -0.571. The van der Waals surface area contributed by atoms with Crippen LogP contribution in [0.3, 0.4) is 0 Å². The molecular weight excluding hydrogens is 338 g/mol. The largest absolute Gasteiger partial charge is 0.496 e. The van der Waals surface area contributed by atoms with Crippen molar-refractivity contribution in [1.82, 2.24) is 5.32 Å². The van der Waals surface area contributed by atoms with E-state index in [0.29, 0.717) is 0 Å². The van der Waals surface area contributed by atoms with Crippen LogP contribution in [0.1, 0.15) is 54.1 Å². The molecule has 2 aromatic carbocycles. The molecule has 2 aromatic rings. The third-order valence-corrected chi connectivity index (χ3v) is 4.98. The summed E-state index contributed by atoms with van der Waals surface area (Å²) in [5.41, 5.74) is 5.48. The first-order valence-corrected chi connectivity index (χ1v) is 9.46. The summed E-state index contributed by atoms with van der Waals surface area (Å²) in [6.45, 7) is 12.0. The molecule has 2 rings (SSSR count). The molecule has 0 aliphatic carbocycles. The Kier molecular flexibility index (Phi) is 6.89. The fourth-order valence-corrected chi connectivity index (χ4v) is 3.20. The molecule has 2 unspecified atom stereocenters. The number of methoxy groups -OCH3 is 1. The van der Waals surface area contributed by atoms with Crippen LogP contribution in [-0.2, 0) is 4.79 Å². The molecule has 0 aliphatic rings.